The van der Waals surface area contributed by atoms with Crippen LogP contribution in [0.3, 0.4) is 0 Å². The third-order valence-electron chi connectivity index (χ3n) is 2.92. The SMILES string of the molecule is NC(=O)CC1(NC2CC2)CCCOC1. The Morgan fingerprint density at radius 1 is 1.57 bits per heavy atom. The van der Waals surface area contributed by atoms with E-state index in [-0.39, 0.29) is 11.4 Å². The van der Waals surface area contributed by atoms with Crippen molar-refractivity contribution >= 4 is 5.91 Å². The number of primary amides is 1. The van der Waals surface area contributed by atoms with Crippen molar-refractivity contribution in [2.24, 2.45) is 5.73 Å². The van der Waals surface area contributed by atoms with Crippen molar-refractivity contribution in [3.8, 4) is 0 Å². The number of nitrogens with two attached hydrogens (primary N) is 1. The van der Waals surface area contributed by atoms with Crippen LogP contribution in [0.15, 0.2) is 0 Å². The van der Waals surface area contributed by atoms with Crippen molar-refractivity contribution in [3.63, 3.8) is 0 Å². The van der Waals surface area contributed by atoms with Crippen LogP contribution < -0.4 is 11.1 Å². The van der Waals surface area contributed by atoms with Crippen molar-refractivity contribution in [1.82, 2.24) is 5.32 Å². The fourth-order valence-electron chi connectivity index (χ4n) is 2.15. The quantitative estimate of drug-likeness (QED) is 0.676. The molecule has 0 spiro atoms. The largest absolute Gasteiger partial charge is 0.380 e. The van der Waals surface area contributed by atoms with Gasteiger partial charge in [-0.2, -0.15) is 0 Å². The Labute approximate surface area is 84.2 Å². The highest BCUT2D eigenvalue weighted by molar-refractivity contribution is 5.75. The van der Waals surface area contributed by atoms with Gasteiger partial charge in [0.2, 0.25) is 5.91 Å². The molecule has 1 aliphatic heterocycles. The first-order valence-electron chi connectivity index (χ1n) is 5.34. The van der Waals surface area contributed by atoms with Crippen LogP contribution in [0.2, 0.25) is 0 Å². The van der Waals surface area contributed by atoms with Crippen molar-refractivity contribution in [1.29, 1.82) is 0 Å². The number of carbonyl (C=O) groups is 1. The first kappa shape index (κ1) is 9.93. The third kappa shape index (κ3) is 2.45. The van der Waals surface area contributed by atoms with Gasteiger partial charge >= 0.3 is 0 Å². The molecule has 2 rings (SSSR count). The maximum atomic E-state index is 11.0. The first-order valence-corrected chi connectivity index (χ1v) is 5.34. The summed E-state index contributed by atoms with van der Waals surface area (Å²) in [6.45, 7) is 1.44. The standard InChI is InChI=1S/C10H18N2O2/c11-9(13)6-10(12-8-2-3-8)4-1-5-14-7-10/h8,12H,1-7H2,(H2,11,13). The molecule has 3 N–H and O–H groups in total. The fraction of sp³-hybridized carbons (Fsp3) is 0.900. The van der Waals surface area contributed by atoms with Crippen molar-refractivity contribution in [3.05, 3.63) is 0 Å². The Morgan fingerprint density at radius 2 is 2.36 bits per heavy atom. The van der Waals surface area contributed by atoms with Gasteiger partial charge in [0.1, 0.15) is 0 Å². The molecule has 1 heterocycles. The molecular formula is C10H18N2O2. The van der Waals surface area contributed by atoms with Gasteiger partial charge < -0.3 is 15.8 Å². The second-order valence-corrected chi connectivity index (χ2v) is 4.50. The average Bonchev–Trinajstić information content (AvgIpc) is 2.88. The molecule has 1 atom stereocenters. The summed E-state index contributed by atoms with van der Waals surface area (Å²) in [5.74, 6) is -0.233. The van der Waals surface area contributed by atoms with Crippen LogP contribution in [0, 0.1) is 0 Å². The van der Waals surface area contributed by atoms with Gasteiger partial charge in [0.15, 0.2) is 0 Å². The van der Waals surface area contributed by atoms with Gasteiger partial charge in [-0.05, 0) is 25.7 Å². The zero-order valence-corrected chi connectivity index (χ0v) is 8.42. The molecule has 2 fully saturated rings. The van der Waals surface area contributed by atoms with E-state index in [0.717, 1.165) is 19.4 Å². The Hall–Kier alpha value is -0.610. The summed E-state index contributed by atoms with van der Waals surface area (Å²) in [6.07, 6.45) is 4.88. The van der Waals surface area contributed by atoms with E-state index in [2.05, 4.69) is 5.32 Å². The van der Waals surface area contributed by atoms with Gasteiger partial charge in [-0.15, -0.1) is 0 Å². The molecule has 14 heavy (non-hydrogen) atoms. The number of nitrogens with one attached hydrogen (secondary N) is 1. The molecule has 0 aromatic carbocycles. The van der Waals surface area contributed by atoms with E-state index >= 15 is 0 Å². The lowest BCUT2D eigenvalue weighted by molar-refractivity contribution is -0.121. The van der Waals surface area contributed by atoms with E-state index in [4.69, 9.17) is 10.5 Å². The van der Waals surface area contributed by atoms with E-state index in [1.165, 1.54) is 12.8 Å². The van der Waals surface area contributed by atoms with Crippen molar-refractivity contribution < 1.29 is 9.53 Å². The number of amides is 1. The Bertz CT molecular complexity index is 220. The summed E-state index contributed by atoms with van der Waals surface area (Å²) in [4.78, 5) is 11.0. The molecule has 2 aliphatic rings. The van der Waals surface area contributed by atoms with Crippen molar-refractivity contribution in [2.75, 3.05) is 13.2 Å². The van der Waals surface area contributed by atoms with Gasteiger partial charge in [-0.3, -0.25) is 4.79 Å². The molecule has 80 valence electrons. The van der Waals surface area contributed by atoms with Gasteiger partial charge in [-0.1, -0.05) is 0 Å². The molecule has 1 saturated carbocycles. The predicted molar refractivity (Wildman–Crippen MR) is 52.8 cm³/mol. The number of ether oxygens (including phenoxy) is 1. The second kappa shape index (κ2) is 3.87. The second-order valence-electron chi connectivity index (χ2n) is 4.50. The number of hydrogen-bond donors (Lipinski definition) is 2. The van der Waals surface area contributed by atoms with E-state index in [0.29, 0.717) is 19.1 Å². The average molecular weight is 198 g/mol. The molecule has 1 aliphatic carbocycles. The molecular weight excluding hydrogens is 180 g/mol. The highest BCUT2D eigenvalue weighted by Crippen LogP contribution is 2.29. The topological polar surface area (TPSA) is 64.4 Å². The Kier molecular flexibility index (Phi) is 2.74. The van der Waals surface area contributed by atoms with Crippen LogP contribution in [-0.2, 0) is 9.53 Å². The normalized spacial score (nSPS) is 32.9. The van der Waals surface area contributed by atoms with Gasteiger partial charge in [0.25, 0.3) is 0 Å². The molecule has 0 aromatic rings. The van der Waals surface area contributed by atoms with Crippen LogP contribution in [0.25, 0.3) is 0 Å². The molecule has 0 aromatic heterocycles. The number of carbonyl (C=O) groups excluding carboxylic acids is 1. The van der Waals surface area contributed by atoms with Crippen LogP contribution in [0.4, 0.5) is 0 Å². The number of rotatable bonds is 4. The highest BCUT2D eigenvalue weighted by atomic mass is 16.5. The van der Waals surface area contributed by atoms with Crippen LogP contribution in [0.5, 0.6) is 0 Å². The maximum Gasteiger partial charge on any atom is 0.219 e. The molecule has 0 bridgehead atoms. The zero-order chi connectivity index (χ0) is 10.0. The predicted octanol–water partition coefficient (Wildman–Crippen LogP) is 0.163. The van der Waals surface area contributed by atoms with Crippen molar-refractivity contribution in [2.45, 2.75) is 43.7 Å². The fourth-order valence-corrected chi connectivity index (χ4v) is 2.15. The summed E-state index contributed by atoms with van der Waals surface area (Å²) in [5.41, 5.74) is 5.11. The Morgan fingerprint density at radius 3 is 2.86 bits per heavy atom. The van der Waals surface area contributed by atoms with Crippen LogP contribution >= 0.6 is 0 Å². The number of hydrogen-bond acceptors (Lipinski definition) is 3. The smallest absolute Gasteiger partial charge is 0.219 e. The third-order valence-corrected chi connectivity index (χ3v) is 2.92. The lowest BCUT2D eigenvalue weighted by Gasteiger charge is -2.37. The summed E-state index contributed by atoms with van der Waals surface area (Å²) < 4.78 is 5.44. The zero-order valence-electron chi connectivity index (χ0n) is 8.42. The maximum absolute atomic E-state index is 11.0. The monoisotopic (exact) mass is 198 g/mol. The van der Waals surface area contributed by atoms with E-state index < -0.39 is 0 Å². The summed E-state index contributed by atoms with van der Waals surface area (Å²) in [5, 5.41) is 3.51. The molecule has 4 heteroatoms. The van der Waals surface area contributed by atoms with E-state index in [9.17, 15) is 4.79 Å². The molecule has 4 nitrogen and oxygen atoms in total. The Balaban J connectivity index is 1.96. The van der Waals surface area contributed by atoms with E-state index in [1.54, 1.807) is 0 Å². The molecule has 1 unspecified atom stereocenters. The van der Waals surface area contributed by atoms with Gasteiger partial charge in [0.05, 0.1) is 12.1 Å². The summed E-state index contributed by atoms with van der Waals surface area (Å²) >= 11 is 0. The lowest BCUT2D eigenvalue weighted by atomic mass is 9.88. The summed E-state index contributed by atoms with van der Waals surface area (Å²) in [6, 6.07) is 0.594. The summed E-state index contributed by atoms with van der Waals surface area (Å²) in [7, 11) is 0. The highest BCUT2D eigenvalue weighted by Gasteiger charge is 2.38. The minimum Gasteiger partial charge on any atom is -0.380 e. The molecule has 0 radical (unpaired) electrons. The van der Waals surface area contributed by atoms with Gasteiger partial charge in [-0.25, -0.2) is 0 Å². The molecule has 1 saturated heterocycles. The minimum absolute atomic E-state index is 0.161. The first-order chi connectivity index (χ1) is 6.70. The van der Waals surface area contributed by atoms with Gasteiger partial charge in [0, 0.05) is 19.1 Å². The minimum atomic E-state index is -0.233. The van der Waals surface area contributed by atoms with Crippen LogP contribution in [0.1, 0.15) is 32.1 Å². The molecule has 1 amide bonds. The lowest BCUT2D eigenvalue weighted by Crippen LogP contribution is -2.54. The van der Waals surface area contributed by atoms with E-state index in [1.807, 2.05) is 0 Å². The van der Waals surface area contributed by atoms with Crippen LogP contribution in [-0.4, -0.2) is 30.7 Å².